The summed E-state index contributed by atoms with van der Waals surface area (Å²) in [5.74, 6) is -0.647. The van der Waals surface area contributed by atoms with Crippen molar-refractivity contribution in [2.45, 2.75) is 57.0 Å². The number of nitrogens with one attached hydrogen (secondary N) is 1. The summed E-state index contributed by atoms with van der Waals surface area (Å²) in [7, 11) is 2.09. The molecule has 1 aliphatic carbocycles. The van der Waals surface area contributed by atoms with Gasteiger partial charge < -0.3 is 14.8 Å². The van der Waals surface area contributed by atoms with Crippen LogP contribution in [0.4, 0.5) is 0 Å². The van der Waals surface area contributed by atoms with Crippen LogP contribution in [0.1, 0.15) is 65.6 Å². The molecule has 1 N–H and O–H groups in total. The van der Waals surface area contributed by atoms with Crippen molar-refractivity contribution in [2.24, 2.45) is 0 Å². The van der Waals surface area contributed by atoms with Crippen LogP contribution in [0.15, 0.2) is 41.2 Å². The third-order valence-electron chi connectivity index (χ3n) is 6.62. The van der Waals surface area contributed by atoms with Crippen molar-refractivity contribution in [1.29, 1.82) is 5.26 Å². The molecule has 0 bridgehead atoms. The molecule has 184 valence electrons. The molecule has 2 amide bonds. The molecular weight excluding hydrogens is 462 g/mol. The average Bonchev–Trinajstić information content (AvgIpc) is 3.58. The second kappa shape index (κ2) is 9.51. The Morgan fingerprint density at radius 1 is 1.14 bits per heavy atom. The Balaban J connectivity index is 1.43. The summed E-state index contributed by atoms with van der Waals surface area (Å²) in [4.78, 5) is 40.8. The maximum absolute atomic E-state index is 13.2. The molecule has 35 heavy (non-hydrogen) atoms. The number of hydrogen-bond donors (Lipinski definition) is 1. The molecule has 2 heterocycles. The Morgan fingerprint density at radius 3 is 2.43 bits per heavy atom. The lowest BCUT2D eigenvalue weighted by Gasteiger charge is -2.37. The molecule has 2 aromatic rings. The van der Waals surface area contributed by atoms with Gasteiger partial charge in [-0.15, -0.1) is 0 Å². The van der Waals surface area contributed by atoms with Gasteiger partial charge in [0, 0.05) is 36.5 Å². The van der Waals surface area contributed by atoms with Gasteiger partial charge in [0.15, 0.2) is 0 Å². The molecular formula is C26H31N5O3S. The largest absolute Gasteiger partial charge is 0.348 e. The first-order valence-corrected chi connectivity index (χ1v) is 12.5. The summed E-state index contributed by atoms with van der Waals surface area (Å²) in [6.45, 7) is 8.21. The minimum absolute atomic E-state index is 0.0182. The Labute approximate surface area is 210 Å². The second-order valence-electron chi connectivity index (χ2n) is 10.2. The number of carbonyl (C=O) groups is 2. The number of nitriles is 1. The third kappa shape index (κ3) is 5.44. The summed E-state index contributed by atoms with van der Waals surface area (Å²) < 4.78 is 3.71. The van der Waals surface area contributed by atoms with Crippen LogP contribution < -0.4 is 10.9 Å². The van der Waals surface area contributed by atoms with E-state index in [2.05, 4.69) is 43.5 Å². The molecule has 0 unspecified atom stereocenters. The van der Waals surface area contributed by atoms with Gasteiger partial charge >= 0.3 is 0 Å². The van der Waals surface area contributed by atoms with Crippen LogP contribution in [0.3, 0.4) is 0 Å². The number of nitrogens with zero attached hydrogens (tertiary/aromatic N) is 4. The monoisotopic (exact) mass is 493 g/mol. The first kappa shape index (κ1) is 25.0. The van der Waals surface area contributed by atoms with Crippen LogP contribution in [-0.2, 0) is 13.1 Å². The van der Waals surface area contributed by atoms with E-state index in [9.17, 15) is 14.4 Å². The zero-order chi connectivity index (χ0) is 25.4. The minimum Gasteiger partial charge on any atom is -0.348 e. The quantitative estimate of drug-likeness (QED) is 0.596. The van der Waals surface area contributed by atoms with Crippen molar-refractivity contribution < 1.29 is 9.59 Å². The van der Waals surface area contributed by atoms with Crippen molar-refractivity contribution in [3.63, 3.8) is 0 Å². The fourth-order valence-corrected chi connectivity index (χ4v) is 5.32. The number of amides is 2. The standard InChI is InChI=1S/C26H31N5O3S/c1-25(2,3)29(4)35-26(11-12-26)17-30-13-14-31-21(24(30)34)10-9-20(23(31)33)22(32)28-16-19-7-5-18(15-27)6-8-19/h5-10H,11-14,16-17H2,1-4H3,(H,28,32). The highest BCUT2D eigenvalue weighted by atomic mass is 32.2. The van der Waals surface area contributed by atoms with E-state index in [0.29, 0.717) is 30.9 Å². The van der Waals surface area contributed by atoms with Gasteiger partial charge in [-0.2, -0.15) is 5.26 Å². The third-order valence-corrected chi connectivity index (χ3v) is 8.36. The molecule has 0 spiro atoms. The van der Waals surface area contributed by atoms with Gasteiger partial charge in [0.1, 0.15) is 11.3 Å². The lowest BCUT2D eigenvalue weighted by atomic mass is 10.1. The van der Waals surface area contributed by atoms with Gasteiger partial charge in [0.05, 0.1) is 11.6 Å². The van der Waals surface area contributed by atoms with E-state index in [-0.39, 0.29) is 28.3 Å². The minimum atomic E-state index is -0.483. The molecule has 1 fully saturated rings. The molecule has 1 aromatic carbocycles. The number of rotatable bonds is 7. The first-order chi connectivity index (χ1) is 16.5. The van der Waals surface area contributed by atoms with Gasteiger partial charge in [0.2, 0.25) is 0 Å². The molecule has 4 rings (SSSR count). The number of aromatic nitrogens is 1. The Morgan fingerprint density at radius 2 is 1.83 bits per heavy atom. The van der Waals surface area contributed by atoms with Crippen LogP contribution in [0.2, 0.25) is 0 Å². The van der Waals surface area contributed by atoms with Crippen molar-refractivity contribution in [3.8, 4) is 6.07 Å². The van der Waals surface area contributed by atoms with Crippen LogP contribution in [0.5, 0.6) is 0 Å². The molecule has 0 saturated heterocycles. The van der Waals surface area contributed by atoms with Gasteiger partial charge in [-0.25, -0.2) is 4.31 Å². The topological polar surface area (TPSA) is 98.4 Å². The highest BCUT2D eigenvalue weighted by molar-refractivity contribution is 7.98. The van der Waals surface area contributed by atoms with E-state index >= 15 is 0 Å². The molecule has 8 nitrogen and oxygen atoms in total. The summed E-state index contributed by atoms with van der Waals surface area (Å²) in [6.07, 6.45) is 2.13. The summed E-state index contributed by atoms with van der Waals surface area (Å²) in [5, 5.41) is 11.6. The summed E-state index contributed by atoms with van der Waals surface area (Å²) >= 11 is 1.81. The number of carbonyl (C=O) groups excluding carboxylic acids is 2. The average molecular weight is 494 g/mol. The number of fused-ring (bicyclic) bond motifs is 1. The molecule has 0 atom stereocenters. The van der Waals surface area contributed by atoms with Crippen LogP contribution in [-0.4, -0.2) is 56.0 Å². The van der Waals surface area contributed by atoms with E-state index in [1.54, 1.807) is 30.3 Å². The number of hydrogen-bond acceptors (Lipinski definition) is 6. The van der Waals surface area contributed by atoms with Gasteiger partial charge in [-0.05, 0) is 70.5 Å². The zero-order valence-corrected chi connectivity index (χ0v) is 21.4. The normalized spacial score (nSPS) is 16.6. The second-order valence-corrected chi connectivity index (χ2v) is 11.8. The first-order valence-electron chi connectivity index (χ1n) is 11.8. The Bertz CT molecular complexity index is 1240. The van der Waals surface area contributed by atoms with Crippen molar-refractivity contribution >= 4 is 23.8 Å². The molecule has 1 aromatic heterocycles. The van der Waals surface area contributed by atoms with Gasteiger partial charge in [0.25, 0.3) is 17.4 Å². The lowest BCUT2D eigenvalue weighted by molar-refractivity contribution is 0.0695. The number of benzene rings is 1. The van der Waals surface area contributed by atoms with E-state index in [1.807, 2.05) is 16.8 Å². The maximum atomic E-state index is 13.2. The smallest absolute Gasteiger partial charge is 0.270 e. The maximum Gasteiger partial charge on any atom is 0.270 e. The molecule has 0 radical (unpaired) electrons. The highest BCUT2D eigenvalue weighted by Gasteiger charge is 2.48. The molecule has 9 heteroatoms. The summed E-state index contributed by atoms with van der Waals surface area (Å²) in [5.41, 5.74) is 1.29. The zero-order valence-electron chi connectivity index (χ0n) is 20.6. The van der Waals surface area contributed by atoms with E-state index in [4.69, 9.17) is 5.26 Å². The van der Waals surface area contributed by atoms with Crippen LogP contribution >= 0.6 is 11.9 Å². The van der Waals surface area contributed by atoms with E-state index in [0.717, 1.165) is 18.4 Å². The summed E-state index contributed by atoms with van der Waals surface area (Å²) in [6, 6.07) is 12.0. The van der Waals surface area contributed by atoms with Gasteiger partial charge in [-0.1, -0.05) is 24.1 Å². The number of pyridine rings is 1. The molecule has 1 saturated carbocycles. The van der Waals surface area contributed by atoms with Crippen molar-refractivity contribution in [2.75, 3.05) is 20.1 Å². The lowest BCUT2D eigenvalue weighted by Crippen LogP contribution is -2.49. The molecule has 1 aliphatic heterocycles. The van der Waals surface area contributed by atoms with E-state index in [1.165, 1.54) is 10.6 Å². The van der Waals surface area contributed by atoms with Gasteiger partial charge in [-0.3, -0.25) is 14.4 Å². The van der Waals surface area contributed by atoms with Crippen LogP contribution in [0.25, 0.3) is 0 Å². The van der Waals surface area contributed by atoms with Crippen LogP contribution in [0, 0.1) is 11.3 Å². The SMILES string of the molecule is CN(SC1(CN2CCn3c(ccc(C(=O)NCc4ccc(C#N)cc4)c3=O)C2=O)CC1)C(C)(C)C. The fourth-order valence-electron chi connectivity index (χ4n) is 3.96. The van der Waals surface area contributed by atoms with Crippen molar-refractivity contribution in [1.82, 2.24) is 19.1 Å². The van der Waals surface area contributed by atoms with E-state index < -0.39 is 11.5 Å². The predicted molar refractivity (Wildman–Crippen MR) is 136 cm³/mol. The molecule has 2 aliphatic rings. The fraction of sp³-hybridized carbons (Fsp3) is 0.462. The van der Waals surface area contributed by atoms with Crippen molar-refractivity contribution in [3.05, 3.63) is 69.1 Å². The predicted octanol–water partition coefficient (Wildman–Crippen LogP) is 3.02. The highest BCUT2D eigenvalue weighted by Crippen LogP contribution is 2.51. The Kier molecular flexibility index (Phi) is 6.80. The Hall–Kier alpha value is -3.09.